The van der Waals surface area contributed by atoms with Gasteiger partial charge in [0, 0.05) is 36.0 Å². The highest BCUT2D eigenvalue weighted by molar-refractivity contribution is 5.91. The fourth-order valence-corrected chi connectivity index (χ4v) is 3.96. The first-order chi connectivity index (χ1) is 17.0. The third-order valence-corrected chi connectivity index (χ3v) is 5.68. The second kappa shape index (κ2) is 10.7. The molecule has 1 aromatic heterocycles. The van der Waals surface area contributed by atoms with E-state index in [0.29, 0.717) is 43.6 Å². The van der Waals surface area contributed by atoms with Gasteiger partial charge < -0.3 is 26.4 Å². The van der Waals surface area contributed by atoms with Crippen molar-refractivity contribution < 1.29 is 38.1 Å². The van der Waals surface area contributed by atoms with E-state index in [1.54, 1.807) is 10.7 Å². The van der Waals surface area contributed by atoms with Crippen molar-refractivity contribution in [2.24, 2.45) is 5.73 Å². The number of aromatic nitrogens is 2. The van der Waals surface area contributed by atoms with Crippen molar-refractivity contribution in [1.82, 2.24) is 9.78 Å². The molecule has 0 bridgehead atoms. The van der Waals surface area contributed by atoms with Crippen LogP contribution in [0.1, 0.15) is 28.0 Å². The molecule has 0 radical (unpaired) electrons. The van der Waals surface area contributed by atoms with Crippen LogP contribution in [0.25, 0.3) is 22.4 Å². The van der Waals surface area contributed by atoms with Crippen LogP contribution in [0, 0.1) is 0 Å². The van der Waals surface area contributed by atoms with Crippen molar-refractivity contribution in [3.63, 3.8) is 0 Å². The molecule has 9 nitrogen and oxygen atoms in total. The van der Waals surface area contributed by atoms with Gasteiger partial charge in [-0.1, -0.05) is 12.1 Å². The minimum Gasteiger partial charge on any atom is -0.507 e. The lowest BCUT2D eigenvalue weighted by molar-refractivity contribution is -0.192. The molecule has 0 unspecified atom stereocenters. The fraction of sp³-hybridized carbons (Fsp3) is 0.292. The number of hydrogen-bond acceptors (Lipinski definition) is 6. The minimum atomic E-state index is -5.08. The normalized spacial score (nSPS) is 12.1. The van der Waals surface area contributed by atoms with E-state index in [2.05, 4.69) is 10.4 Å². The van der Waals surface area contributed by atoms with Crippen molar-refractivity contribution in [2.75, 3.05) is 18.9 Å². The molecular formula is C24H25F3N4O5. The Morgan fingerprint density at radius 2 is 1.75 bits per heavy atom. The van der Waals surface area contributed by atoms with Gasteiger partial charge in [0.2, 0.25) is 0 Å². The van der Waals surface area contributed by atoms with Gasteiger partial charge >= 0.3 is 18.1 Å². The number of aromatic hydroxyl groups is 1. The average Bonchev–Trinajstić information content (AvgIpc) is 3.21. The van der Waals surface area contributed by atoms with Crippen molar-refractivity contribution in [2.45, 2.75) is 32.0 Å². The molecule has 0 spiro atoms. The van der Waals surface area contributed by atoms with Gasteiger partial charge in [-0.05, 0) is 61.2 Å². The number of rotatable bonds is 6. The number of alkyl halides is 3. The number of carboxylic acid groups (broad SMARTS) is 2. The summed E-state index contributed by atoms with van der Waals surface area (Å²) in [6.07, 6.45) is -3.17. The van der Waals surface area contributed by atoms with Gasteiger partial charge in [0.05, 0.1) is 5.69 Å². The molecule has 3 aromatic rings. The van der Waals surface area contributed by atoms with Crippen LogP contribution in [0.5, 0.6) is 5.75 Å². The Morgan fingerprint density at radius 1 is 1.11 bits per heavy atom. The number of aliphatic carboxylic acids is 1. The maximum absolute atomic E-state index is 11.9. The Labute approximate surface area is 204 Å². The molecular weight excluding hydrogens is 481 g/mol. The monoisotopic (exact) mass is 506 g/mol. The van der Waals surface area contributed by atoms with E-state index in [1.807, 2.05) is 37.4 Å². The Balaban J connectivity index is 0.000000454. The van der Waals surface area contributed by atoms with E-state index in [9.17, 15) is 28.2 Å². The number of fused-ring (bicyclic) bond motifs is 3. The molecule has 1 heterocycles. The summed E-state index contributed by atoms with van der Waals surface area (Å²) in [7, 11) is 1.86. The molecule has 0 saturated heterocycles. The van der Waals surface area contributed by atoms with Crippen LogP contribution in [-0.2, 0) is 24.2 Å². The van der Waals surface area contributed by atoms with Gasteiger partial charge in [-0.15, -0.1) is 0 Å². The van der Waals surface area contributed by atoms with Crippen LogP contribution < -0.4 is 11.1 Å². The van der Waals surface area contributed by atoms with Crippen LogP contribution in [0.2, 0.25) is 0 Å². The number of nitrogens with one attached hydrogen (secondary N) is 1. The summed E-state index contributed by atoms with van der Waals surface area (Å²) in [6, 6.07) is 11.5. The first-order valence-electron chi connectivity index (χ1n) is 11.0. The lowest BCUT2D eigenvalue weighted by atomic mass is 9.86. The zero-order valence-corrected chi connectivity index (χ0v) is 19.3. The molecule has 0 amide bonds. The van der Waals surface area contributed by atoms with Gasteiger partial charge in [-0.2, -0.15) is 18.3 Å². The van der Waals surface area contributed by atoms with Crippen molar-refractivity contribution in [3.05, 3.63) is 53.2 Å². The van der Waals surface area contributed by atoms with Gasteiger partial charge in [0.1, 0.15) is 11.4 Å². The molecule has 0 saturated carbocycles. The van der Waals surface area contributed by atoms with E-state index >= 15 is 0 Å². The molecule has 6 N–H and O–H groups in total. The highest BCUT2D eigenvalue weighted by Crippen LogP contribution is 2.41. The quantitative estimate of drug-likeness (QED) is 0.339. The lowest BCUT2D eigenvalue weighted by Crippen LogP contribution is -2.21. The summed E-state index contributed by atoms with van der Waals surface area (Å²) in [5.41, 5.74) is 11.7. The molecule has 1 aliphatic carbocycles. The third-order valence-electron chi connectivity index (χ3n) is 5.68. The van der Waals surface area contributed by atoms with Gasteiger partial charge in [-0.25, -0.2) is 9.59 Å². The Morgan fingerprint density at radius 3 is 2.28 bits per heavy atom. The van der Waals surface area contributed by atoms with Gasteiger partial charge in [0.25, 0.3) is 0 Å². The number of nitrogens with two attached hydrogens (primary N) is 1. The first kappa shape index (κ1) is 26.5. The van der Waals surface area contributed by atoms with E-state index in [1.165, 1.54) is 0 Å². The molecule has 0 atom stereocenters. The topological polar surface area (TPSA) is 151 Å². The molecule has 0 fully saturated rings. The van der Waals surface area contributed by atoms with Gasteiger partial charge in [0.15, 0.2) is 0 Å². The number of hydrogen-bond donors (Lipinski definition) is 5. The number of halogens is 3. The molecule has 192 valence electrons. The largest absolute Gasteiger partial charge is 0.507 e. The summed E-state index contributed by atoms with van der Waals surface area (Å²) >= 11 is 0. The molecule has 0 aliphatic heterocycles. The molecule has 1 aliphatic rings. The predicted molar refractivity (Wildman–Crippen MR) is 126 cm³/mol. The average molecular weight is 506 g/mol. The predicted octanol–water partition coefficient (Wildman–Crippen LogP) is 3.74. The van der Waals surface area contributed by atoms with Crippen molar-refractivity contribution in [3.8, 4) is 28.1 Å². The number of phenols is 1. The lowest BCUT2D eigenvalue weighted by Gasteiger charge is -2.18. The number of anilines is 1. The molecule has 2 aromatic carbocycles. The first-order valence-corrected chi connectivity index (χ1v) is 11.0. The van der Waals surface area contributed by atoms with Crippen LogP contribution >= 0.6 is 0 Å². The van der Waals surface area contributed by atoms with Crippen LogP contribution in [-0.4, -0.2) is 56.8 Å². The summed E-state index contributed by atoms with van der Waals surface area (Å²) in [4.78, 5) is 20.8. The highest BCUT2D eigenvalue weighted by Gasteiger charge is 2.38. The third kappa shape index (κ3) is 5.60. The highest BCUT2D eigenvalue weighted by atomic mass is 19.4. The maximum Gasteiger partial charge on any atom is 0.490 e. The van der Waals surface area contributed by atoms with E-state index in [4.69, 9.17) is 15.6 Å². The van der Waals surface area contributed by atoms with E-state index in [0.717, 1.165) is 27.9 Å². The molecule has 12 heteroatoms. The number of nitrogens with zero attached hydrogens (tertiary/aromatic N) is 2. The summed E-state index contributed by atoms with van der Waals surface area (Å²) in [5, 5.41) is 35.2. The summed E-state index contributed by atoms with van der Waals surface area (Å²) in [6.45, 7) is 0.942. The van der Waals surface area contributed by atoms with Crippen LogP contribution in [0.3, 0.4) is 0 Å². The zero-order chi connectivity index (χ0) is 26.6. The summed E-state index contributed by atoms with van der Waals surface area (Å²) in [5.74, 6) is -3.51. The SMILES string of the molecule is CNc1ccc(-c2cc3c(cc2O)CCc2c-3nn(CCCN)c2C(=O)O)cc1.O=C(O)C(F)(F)F. The zero-order valence-electron chi connectivity index (χ0n) is 19.3. The number of aromatic carboxylic acids is 1. The van der Waals surface area contributed by atoms with Crippen LogP contribution in [0.15, 0.2) is 36.4 Å². The van der Waals surface area contributed by atoms with Gasteiger partial charge in [-0.3, -0.25) is 4.68 Å². The minimum absolute atomic E-state index is 0.213. The number of carboxylic acids is 2. The number of benzene rings is 2. The van der Waals surface area contributed by atoms with Crippen molar-refractivity contribution in [1.29, 1.82) is 0 Å². The second-order valence-electron chi connectivity index (χ2n) is 8.00. The summed E-state index contributed by atoms with van der Waals surface area (Å²) < 4.78 is 33.3. The van der Waals surface area contributed by atoms with E-state index < -0.39 is 18.1 Å². The smallest absolute Gasteiger partial charge is 0.490 e. The Hall–Kier alpha value is -4.06. The Bertz CT molecular complexity index is 1270. The molecule has 36 heavy (non-hydrogen) atoms. The second-order valence-corrected chi connectivity index (χ2v) is 8.00. The van der Waals surface area contributed by atoms with E-state index in [-0.39, 0.29) is 11.4 Å². The molecule has 4 rings (SSSR count). The standard InChI is InChI=1S/C22H24N4O3.C2HF3O2/c1-24-15-6-3-13(4-7-15)17-12-18-14(11-19(17)27)5-8-16-20(18)25-26(10-2-9-23)21(16)22(28)29;3-2(4,5)1(6)7/h3-4,6-7,11-12,24,27H,2,5,8-10,23H2,1H3,(H,28,29);(H,6,7). The number of aryl methyl sites for hydroxylation is 2. The maximum atomic E-state index is 11.9. The number of carbonyl (C=O) groups is 2. The van der Waals surface area contributed by atoms with Crippen LogP contribution in [0.4, 0.5) is 18.9 Å². The Kier molecular flexibility index (Phi) is 7.88. The fourth-order valence-electron chi connectivity index (χ4n) is 3.96. The van der Waals surface area contributed by atoms with Crippen molar-refractivity contribution >= 4 is 17.6 Å². The number of phenolic OH excluding ortho intramolecular Hbond substituents is 1.